The highest BCUT2D eigenvalue weighted by molar-refractivity contribution is 5.85. The van der Waals surface area contributed by atoms with Crippen molar-refractivity contribution in [2.24, 2.45) is 11.8 Å². The number of aliphatic hydroxyl groups is 4. The summed E-state index contributed by atoms with van der Waals surface area (Å²) in [7, 11) is 4.42. The number of methoxy groups -OCH3 is 3. The Morgan fingerprint density at radius 3 is 2.11 bits per heavy atom. The normalized spacial score (nSPS) is 24.0. The molecule has 1 aliphatic carbocycles. The first-order chi connectivity index (χ1) is 17.2. The van der Waals surface area contributed by atoms with E-state index in [1.165, 1.54) is 33.5 Å². The molecule has 0 aliphatic heterocycles. The van der Waals surface area contributed by atoms with Crippen molar-refractivity contribution in [2.75, 3.05) is 27.9 Å². The van der Waals surface area contributed by atoms with Crippen LogP contribution in [0.3, 0.4) is 0 Å². The minimum atomic E-state index is -1.40. The summed E-state index contributed by atoms with van der Waals surface area (Å²) in [6, 6.07) is 7.54. The SMILES string of the molecule is COc1cc(-c2cc(=O)c3c(O)cc(CC4CC(CO)C(O)C(O)C4O)cc3o2)cc(OC)c1OC. The molecular weight excluding hydrogens is 472 g/mol. The zero-order valence-corrected chi connectivity index (χ0v) is 20.2. The molecule has 0 spiro atoms. The first kappa shape index (κ1) is 25.8. The third-order valence-corrected chi connectivity index (χ3v) is 6.82. The minimum absolute atomic E-state index is 0.00262. The summed E-state index contributed by atoms with van der Waals surface area (Å²) in [5, 5.41) is 50.9. The van der Waals surface area contributed by atoms with Crippen LogP contribution in [0.5, 0.6) is 23.0 Å². The molecule has 0 amide bonds. The zero-order valence-electron chi connectivity index (χ0n) is 20.2. The molecule has 10 heteroatoms. The fourth-order valence-corrected chi connectivity index (χ4v) is 4.92. The number of aromatic hydroxyl groups is 1. The molecule has 5 atom stereocenters. The zero-order chi connectivity index (χ0) is 26.1. The van der Waals surface area contributed by atoms with Crippen LogP contribution in [0.2, 0.25) is 0 Å². The molecule has 3 aromatic rings. The molecule has 1 aliphatic rings. The number of benzene rings is 2. The van der Waals surface area contributed by atoms with Gasteiger partial charge in [-0.05, 0) is 48.6 Å². The first-order valence-corrected chi connectivity index (χ1v) is 11.5. The van der Waals surface area contributed by atoms with E-state index in [1.807, 2.05) is 0 Å². The van der Waals surface area contributed by atoms with Crippen molar-refractivity contribution in [1.29, 1.82) is 0 Å². The molecule has 0 bridgehead atoms. The van der Waals surface area contributed by atoms with Gasteiger partial charge < -0.3 is 44.2 Å². The first-order valence-electron chi connectivity index (χ1n) is 11.5. The molecule has 1 saturated carbocycles. The predicted molar refractivity (Wildman–Crippen MR) is 130 cm³/mol. The van der Waals surface area contributed by atoms with E-state index in [2.05, 4.69) is 0 Å². The van der Waals surface area contributed by atoms with E-state index < -0.39 is 35.6 Å². The van der Waals surface area contributed by atoms with E-state index >= 15 is 0 Å². The highest BCUT2D eigenvalue weighted by atomic mass is 16.5. The molecule has 194 valence electrons. The maximum Gasteiger partial charge on any atom is 0.203 e. The van der Waals surface area contributed by atoms with Crippen LogP contribution in [-0.2, 0) is 6.42 Å². The lowest BCUT2D eigenvalue weighted by Crippen LogP contribution is -2.52. The number of rotatable bonds is 7. The Balaban J connectivity index is 1.76. The number of fused-ring (bicyclic) bond motifs is 1. The van der Waals surface area contributed by atoms with Gasteiger partial charge in [-0.15, -0.1) is 0 Å². The molecule has 1 heterocycles. The van der Waals surface area contributed by atoms with E-state index in [9.17, 15) is 30.3 Å². The lowest BCUT2D eigenvalue weighted by molar-refractivity contribution is -0.141. The van der Waals surface area contributed by atoms with Crippen molar-refractivity contribution in [3.63, 3.8) is 0 Å². The van der Waals surface area contributed by atoms with Crippen LogP contribution in [0.25, 0.3) is 22.3 Å². The van der Waals surface area contributed by atoms with Gasteiger partial charge in [0.2, 0.25) is 5.75 Å². The molecule has 1 fully saturated rings. The summed E-state index contributed by atoms with van der Waals surface area (Å²) >= 11 is 0. The number of phenols is 1. The van der Waals surface area contributed by atoms with Gasteiger partial charge in [-0.2, -0.15) is 0 Å². The molecule has 0 saturated heterocycles. The molecule has 10 nitrogen and oxygen atoms in total. The van der Waals surface area contributed by atoms with Gasteiger partial charge in [0, 0.05) is 24.2 Å². The standard InChI is InChI=1S/C26H30O10/c1-33-20-8-13(9-21(34-2)26(20)35-3)18-10-17(29)22-16(28)5-12(6-19(22)36-18)4-14-7-15(11-27)24(31)25(32)23(14)30/h5-6,8-10,14-15,23-25,27-28,30-32H,4,7,11H2,1-3H3. The van der Waals surface area contributed by atoms with Crippen molar-refractivity contribution in [1.82, 2.24) is 0 Å². The fourth-order valence-electron chi connectivity index (χ4n) is 4.92. The van der Waals surface area contributed by atoms with Gasteiger partial charge in [0.05, 0.1) is 33.5 Å². The summed E-state index contributed by atoms with van der Waals surface area (Å²) < 4.78 is 22.1. The highest BCUT2D eigenvalue weighted by Gasteiger charge is 2.42. The van der Waals surface area contributed by atoms with Crippen LogP contribution in [0.15, 0.2) is 39.5 Å². The Hall–Kier alpha value is -3.31. The smallest absolute Gasteiger partial charge is 0.203 e. The monoisotopic (exact) mass is 502 g/mol. The van der Waals surface area contributed by atoms with Gasteiger partial charge in [-0.25, -0.2) is 0 Å². The minimum Gasteiger partial charge on any atom is -0.507 e. The van der Waals surface area contributed by atoms with E-state index in [0.717, 1.165) is 0 Å². The molecule has 2 aromatic carbocycles. The Labute approximate surface area is 206 Å². The average molecular weight is 503 g/mol. The van der Waals surface area contributed by atoms with E-state index in [-0.39, 0.29) is 41.9 Å². The van der Waals surface area contributed by atoms with Gasteiger partial charge in [-0.3, -0.25) is 4.79 Å². The third-order valence-electron chi connectivity index (χ3n) is 6.82. The van der Waals surface area contributed by atoms with E-state index in [4.69, 9.17) is 18.6 Å². The van der Waals surface area contributed by atoms with Crippen LogP contribution < -0.4 is 19.6 Å². The summed E-state index contributed by atoms with van der Waals surface area (Å²) in [6.45, 7) is -0.336. The van der Waals surface area contributed by atoms with Crippen LogP contribution in [0.1, 0.15) is 12.0 Å². The van der Waals surface area contributed by atoms with Gasteiger partial charge in [0.15, 0.2) is 16.9 Å². The van der Waals surface area contributed by atoms with Gasteiger partial charge in [0.1, 0.15) is 28.6 Å². The fraction of sp³-hybridized carbons (Fsp3) is 0.423. The third kappa shape index (κ3) is 4.60. The number of hydrogen-bond acceptors (Lipinski definition) is 10. The van der Waals surface area contributed by atoms with Crippen molar-refractivity contribution >= 4 is 11.0 Å². The largest absolute Gasteiger partial charge is 0.507 e. The average Bonchev–Trinajstić information content (AvgIpc) is 2.87. The highest BCUT2D eigenvalue weighted by Crippen LogP contribution is 2.42. The molecular formula is C26H30O10. The van der Waals surface area contributed by atoms with Crippen LogP contribution in [0.4, 0.5) is 0 Å². The van der Waals surface area contributed by atoms with Crippen LogP contribution >= 0.6 is 0 Å². The van der Waals surface area contributed by atoms with Crippen molar-refractivity contribution in [3.8, 4) is 34.3 Å². The predicted octanol–water partition coefficient (Wildman–Crippen LogP) is 1.44. The summed E-state index contributed by atoms with van der Waals surface area (Å²) in [5.41, 5.74) is 0.708. The number of hydrogen-bond donors (Lipinski definition) is 5. The second kappa shape index (κ2) is 10.4. The van der Waals surface area contributed by atoms with Gasteiger partial charge in [-0.1, -0.05) is 0 Å². The molecule has 5 N–H and O–H groups in total. The quantitative estimate of drug-likeness (QED) is 0.320. The lowest BCUT2D eigenvalue weighted by Gasteiger charge is -2.40. The Bertz CT molecular complexity index is 1270. The van der Waals surface area contributed by atoms with Crippen LogP contribution in [-0.4, -0.2) is 71.8 Å². The molecule has 4 rings (SSSR count). The molecule has 1 aromatic heterocycles. The summed E-state index contributed by atoms with van der Waals surface area (Å²) in [6.07, 6.45) is -3.38. The number of ether oxygens (including phenoxy) is 3. The summed E-state index contributed by atoms with van der Waals surface area (Å²) in [5.74, 6) is -0.0358. The van der Waals surface area contributed by atoms with Crippen molar-refractivity contribution in [3.05, 3.63) is 46.1 Å². The number of aliphatic hydroxyl groups excluding tert-OH is 4. The molecule has 36 heavy (non-hydrogen) atoms. The molecule has 5 unspecified atom stereocenters. The lowest BCUT2D eigenvalue weighted by atomic mass is 9.73. The Morgan fingerprint density at radius 1 is 0.889 bits per heavy atom. The maximum absolute atomic E-state index is 12.9. The van der Waals surface area contributed by atoms with E-state index in [1.54, 1.807) is 18.2 Å². The Morgan fingerprint density at radius 2 is 1.53 bits per heavy atom. The maximum atomic E-state index is 12.9. The second-order valence-corrected chi connectivity index (χ2v) is 8.99. The van der Waals surface area contributed by atoms with E-state index in [0.29, 0.717) is 28.4 Å². The van der Waals surface area contributed by atoms with Crippen molar-refractivity contribution in [2.45, 2.75) is 31.2 Å². The van der Waals surface area contributed by atoms with Crippen LogP contribution in [0, 0.1) is 11.8 Å². The summed E-state index contributed by atoms with van der Waals surface area (Å²) in [4.78, 5) is 12.9. The van der Waals surface area contributed by atoms with Crippen molar-refractivity contribution < 1.29 is 44.2 Å². The Kier molecular flexibility index (Phi) is 7.41. The topological polar surface area (TPSA) is 159 Å². The van der Waals surface area contributed by atoms with Gasteiger partial charge in [0.25, 0.3) is 0 Å². The number of phenolic OH excluding ortho intramolecular Hbond substituents is 1. The molecule has 0 radical (unpaired) electrons. The second-order valence-electron chi connectivity index (χ2n) is 8.99. The van der Waals surface area contributed by atoms with Gasteiger partial charge >= 0.3 is 0 Å².